The molecule has 1 aromatic carbocycles. The van der Waals surface area contributed by atoms with Crippen molar-refractivity contribution >= 4 is 11.6 Å². The van der Waals surface area contributed by atoms with Crippen molar-refractivity contribution in [2.75, 3.05) is 19.5 Å². The number of nitrogens with one attached hydrogen (secondary N) is 1. The molecule has 0 unspecified atom stereocenters. The number of rotatable bonds is 6. The van der Waals surface area contributed by atoms with Crippen LogP contribution < -0.4 is 20.5 Å². The summed E-state index contributed by atoms with van der Waals surface area (Å²) < 4.78 is 10.4. The first kappa shape index (κ1) is 17.1. The molecule has 0 atom stereocenters. The van der Waals surface area contributed by atoms with E-state index in [-0.39, 0.29) is 22.8 Å². The van der Waals surface area contributed by atoms with E-state index in [0.717, 1.165) is 11.3 Å². The lowest BCUT2D eigenvalue weighted by molar-refractivity contribution is 0.0945. The van der Waals surface area contributed by atoms with Gasteiger partial charge in [-0.05, 0) is 30.7 Å². The van der Waals surface area contributed by atoms with Crippen LogP contribution in [0.25, 0.3) is 0 Å². The van der Waals surface area contributed by atoms with E-state index < -0.39 is 5.91 Å². The summed E-state index contributed by atoms with van der Waals surface area (Å²) in [5.74, 6) is 0.408. The lowest BCUT2D eigenvalue weighted by Crippen LogP contribution is -2.24. The van der Waals surface area contributed by atoms with E-state index in [4.69, 9.17) is 20.5 Å². The number of benzene rings is 1. The van der Waals surface area contributed by atoms with Gasteiger partial charge in [0, 0.05) is 6.54 Å². The van der Waals surface area contributed by atoms with Crippen molar-refractivity contribution in [1.82, 2.24) is 10.3 Å². The molecule has 1 amide bonds. The first-order chi connectivity index (χ1) is 11.6. The highest BCUT2D eigenvalue weighted by atomic mass is 16.5. The molecule has 0 saturated heterocycles. The molecule has 0 aliphatic rings. The smallest absolute Gasteiger partial charge is 0.270 e. The maximum absolute atomic E-state index is 12.3. The second-order valence-corrected chi connectivity index (χ2v) is 4.85. The van der Waals surface area contributed by atoms with E-state index in [1.807, 2.05) is 30.3 Å². The molecule has 7 heteroatoms. The summed E-state index contributed by atoms with van der Waals surface area (Å²) in [5.41, 5.74) is 7.10. The van der Waals surface area contributed by atoms with Gasteiger partial charge in [-0.3, -0.25) is 4.79 Å². The molecule has 0 saturated carbocycles. The number of aromatic nitrogens is 1. The van der Waals surface area contributed by atoms with Gasteiger partial charge in [-0.15, -0.1) is 0 Å². The predicted molar refractivity (Wildman–Crippen MR) is 88.7 cm³/mol. The average Bonchev–Trinajstić information content (AvgIpc) is 2.60. The number of anilines is 1. The third-order valence-electron chi connectivity index (χ3n) is 3.25. The number of methoxy groups -OCH3 is 1. The van der Waals surface area contributed by atoms with Crippen molar-refractivity contribution in [3.63, 3.8) is 0 Å². The SMILES string of the molecule is CCOc1nc(C(=O)NCc2ccc(OC)cc2)cc(N)c1C#N. The molecule has 7 nitrogen and oxygen atoms in total. The Morgan fingerprint density at radius 3 is 2.67 bits per heavy atom. The van der Waals surface area contributed by atoms with Crippen molar-refractivity contribution in [3.05, 3.63) is 47.2 Å². The second-order valence-electron chi connectivity index (χ2n) is 4.85. The third-order valence-corrected chi connectivity index (χ3v) is 3.25. The van der Waals surface area contributed by atoms with Gasteiger partial charge in [0.1, 0.15) is 23.1 Å². The largest absolute Gasteiger partial charge is 0.497 e. The number of nitriles is 1. The van der Waals surface area contributed by atoms with Crippen LogP contribution in [-0.4, -0.2) is 24.6 Å². The van der Waals surface area contributed by atoms with Crippen LogP contribution in [0.3, 0.4) is 0 Å². The molecule has 0 spiro atoms. The first-order valence-corrected chi connectivity index (χ1v) is 7.33. The lowest BCUT2D eigenvalue weighted by atomic mass is 10.2. The molecule has 0 radical (unpaired) electrons. The van der Waals surface area contributed by atoms with Crippen LogP contribution in [0.2, 0.25) is 0 Å². The fourth-order valence-electron chi connectivity index (χ4n) is 2.03. The lowest BCUT2D eigenvalue weighted by Gasteiger charge is -2.10. The van der Waals surface area contributed by atoms with Gasteiger partial charge in [-0.2, -0.15) is 5.26 Å². The maximum atomic E-state index is 12.3. The van der Waals surface area contributed by atoms with Crippen LogP contribution >= 0.6 is 0 Å². The molecule has 0 aliphatic heterocycles. The maximum Gasteiger partial charge on any atom is 0.270 e. The summed E-state index contributed by atoms with van der Waals surface area (Å²) in [5, 5.41) is 11.8. The van der Waals surface area contributed by atoms with Gasteiger partial charge in [0.05, 0.1) is 19.4 Å². The molecular weight excluding hydrogens is 308 g/mol. The minimum absolute atomic E-state index is 0.0644. The minimum Gasteiger partial charge on any atom is -0.497 e. The van der Waals surface area contributed by atoms with Gasteiger partial charge in [0.15, 0.2) is 0 Å². The molecule has 2 aromatic rings. The summed E-state index contributed by atoms with van der Waals surface area (Å²) in [6.45, 7) is 2.40. The summed E-state index contributed by atoms with van der Waals surface area (Å²) in [6, 6.07) is 10.6. The Bertz CT molecular complexity index is 767. The Labute approximate surface area is 140 Å². The van der Waals surface area contributed by atoms with Gasteiger partial charge in [-0.1, -0.05) is 12.1 Å². The number of hydrogen-bond acceptors (Lipinski definition) is 6. The van der Waals surface area contributed by atoms with Crippen LogP contribution in [-0.2, 0) is 6.54 Å². The number of nitrogens with two attached hydrogens (primary N) is 1. The first-order valence-electron chi connectivity index (χ1n) is 7.33. The molecule has 3 N–H and O–H groups in total. The molecular formula is C17H18N4O3. The van der Waals surface area contributed by atoms with E-state index in [1.165, 1.54) is 6.07 Å². The topological polar surface area (TPSA) is 110 Å². The van der Waals surface area contributed by atoms with Gasteiger partial charge in [0.2, 0.25) is 5.88 Å². The van der Waals surface area contributed by atoms with Gasteiger partial charge < -0.3 is 20.5 Å². The molecule has 0 fully saturated rings. The van der Waals surface area contributed by atoms with Crippen molar-refractivity contribution in [3.8, 4) is 17.7 Å². The molecule has 0 bridgehead atoms. The van der Waals surface area contributed by atoms with Gasteiger partial charge in [0.25, 0.3) is 5.91 Å². The second kappa shape index (κ2) is 7.83. The fourth-order valence-corrected chi connectivity index (χ4v) is 2.03. The molecule has 2 rings (SSSR count). The normalized spacial score (nSPS) is 9.88. The van der Waals surface area contributed by atoms with E-state index in [2.05, 4.69) is 10.3 Å². The summed E-state index contributed by atoms with van der Waals surface area (Å²) in [4.78, 5) is 16.3. The number of nitrogens with zero attached hydrogens (tertiary/aromatic N) is 2. The van der Waals surface area contributed by atoms with Crippen molar-refractivity contribution in [1.29, 1.82) is 5.26 Å². The number of hydrogen-bond donors (Lipinski definition) is 2. The van der Waals surface area contributed by atoms with Crippen LogP contribution in [0.4, 0.5) is 5.69 Å². The molecule has 124 valence electrons. The van der Waals surface area contributed by atoms with E-state index >= 15 is 0 Å². The van der Waals surface area contributed by atoms with Gasteiger partial charge >= 0.3 is 0 Å². The van der Waals surface area contributed by atoms with Crippen molar-refractivity contribution in [2.24, 2.45) is 0 Å². The zero-order valence-corrected chi connectivity index (χ0v) is 13.5. The van der Waals surface area contributed by atoms with E-state index in [0.29, 0.717) is 13.2 Å². The monoisotopic (exact) mass is 326 g/mol. The predicted octanol–water partition coefficient (Wildman–Crippen LogP) is 1.87. The zero-order chi connectivity index (χ0) is 17.5. The van der Waals surface area contributed by atoms with Crippen molar-refractivity contribution < 1.29 is 14.3 Å². The Balaban J connectivity index is 2.12. The number of carbonyl (C=O) groups is 1. The standard InChI is InChI=1S/C17H18N4O3/c1-3-24-17-13(9-18)14(19)8-15(21-17)16(22)20-10-11-4-6-12(23-2)7-5-11/h4-8H,3,10H2,1-2H3,(H2,19,21)(H,20,22). The highest BCUT2D eigenvalue weighted by Gasteiger charge is 2.16. The summed E-state index contributed by atoms with van der Waals surface area (Å²) >= 11 is 0. The van der Waals surface area contributed by atoms with E-state index in [9.17, 15) is 4.79 Å². The molecule has 1 aromatic heterocycles. The van der Waals surface area contributed by atoms with Crippen LogP contribution in [0.5, 0.6) is 11.6 Å². The van der Waals surface area contributed by atoms with Gasteiger partial charge in [-0.25, -0.2) is 4.98 Å². The molecule has 1 heterocycles. The number of nitrogen functional groups attached to an aromatic ring is 1. The molecule has 0 aliphatic carbocycles. The quantitative estimate of drug-likeness (QED) is 0.838. The number of amides is 1. The van der Waals surface area contributed by atoms with E-state index in [1.54, 1.807) is 14.0 Å². The Morgan fingerprint density at radius 2 is 2.08 bits per heavy atom. The highest BCUT2D eigenvalue weighted by Crippen LogP contribution is 2.22. The Hall–Kier alpha value is -3.27. The number of pyridine rings is 1. The number of ether oxygens (including phenoxy) is 2. The summed E-state index contributed by atoms with van der Waals surface area (Å²) in [7, 11) is 1.59. The van der Waals surface area contributed by atoms with Crippen LogP contribution in [0.15, 0.2) is 30.3 Å². The molecule has 24 heavy (non-hydrogen) atoms. The Morgan fingerprint density at radius 1 is 1.38 bits per heavy atom. The average molecular weight is 326 g/mol. The van der Waals surface area contributed by atoms with Crippen molar-refractivity contribution in [2.45, 2.75) is 13.5 Å². The Kier molecular flexibility index (Phi) is 5.58. The van der Waals surface area contributed by atoms with Crippen LogP contribution in [0.1, 0.15) is 28.5 Å². The van der Waals surface area contributed by atoms with Crippen LogP contribution in [0, 0.1) is 11.3 Å². The number of carbonyl (C=O) groups excluding carboxylic acids is 1. The zero-order valence-electron chi connectivity index (χ0n) is 13.5. The fraction of sp³-hybridized carbons (Fsp3) is 0.235. The summed E-state index contributed by atoms with van der Waals surface area (Å²) in [6.07, 6.45) is 0. The minimum atomic E-state index is -0.400. The third kappa shape index (κ3) is 3.93. The highest BCUT2D eigenvalue weighted by molar-refractivity contribution is 5.93.